The molecule has 0 atom stereocenters. The maximum Gasteiger partial charge on any atom is 0.149 e. The van der Waals surface area contributed by atoms with E-state index in [1.54, 1.807) is 6.07 Å². The van der Waals surface area contributed by atoms with Crippen molar-refractivity contribution in [3.05, 3.63) is 193 Å². The van der Waals surface area contributed by atoms with Gasteiger partial charge in [0, 0.05) is 22.9 Å². The van der Waals surface area contributed by atoms with Crippen molar-refractivity contribution in [2.75, 3.05) is 0 Å². The second kappa shape index (κ2) is 17.6. The summed E-state index contributed by atoms with van der Waals surface area (Å²) in [4.78, 5) is 10.5. The van der Waals surface area contributed by atoms with E-state index < -0.39 is 0 Å². The van der Waals surface area contributed by atoms with E-state index in [0.29, 0.717) is 17.3 Å². The van der Waals surface area contributed by atoms with E-state index in [1.165, 1.54) is 74.5 Å². The highest BCUT2D eigenvalue weighted by Gasteiger charge is 2.24. The molecular formula is C60H53N3O. The maximum atomic E-state index is 11.5. The molecule has 2 fully saturated rings. The first-order valence-corrected chi connectivity index (χ1v) is 23.4. The highest BCUT2D eigenvalue weighted by Crippen LogP contribution is 2.42. The van der Waals surface area contributed by atoms with Crippen molar-refractivity contribution in [3.63, 3.8) is 0 Å². The lowest BCUT2D eigenvalue weighted by atomic mass is 9.84. The normalized spacial score (nSPS) is 14.6. The number of fused-ring (bicyclic) bond motifs is 1. The first kappa shape index (κ1) is 39.8. The van der Waals surface area contributed by atoms with Gasteiger partial charge in [0.05, 0.1) is 28.0 Å². The van der Waals surface area contributed by atoms with Crippen molar-refractivity contribution in [3.8, 4) is 78.6 Å². The van der Waals surface area contributed by atoms with Crippen LogP contribution in [-0.2, 0) is 6.42 Å². The number of pyridine rings is 1. The first-order valence-electron chi connectivity index (χ1n) is 23.4. The summed E-state index contributed by atoms with van der Waals surface area (Å²) >= 11 is 0. The summed E-state index contributed by atoms with van der Waals surface area (Å²) in [7, 11) is 0. The van der Waals surface area contributed by atoms with Crippen molar-refractivity contribution in [1.82, 2.24) is 14.5 Å². The van der Waals surface area contributed by atoms with Gasteiger partial charge in [0.2, 0.25) is 0 Å². The zero-order chi connectivity index (χ0) is 42.8. The highest BCUT2D eigenvalue weighted by molar-refractivity contribution is 5.98. The summed E-state index contributed by atoms with van der Waals surface area (Å²) in [6.07, 6.45) is 14.9. The predicted molar refractivity (Wildman–Crippen MR) is 265 cm³/mol. The zero-order valence-electron chi connectivity index (χ0n) is 36.3. The van der Waals surface area contributed by atoms with Gasteiger partial charge in [-0.15, -0.1) is 0 Å². The Morgan fingerprint density at radius 2 is 1.16 bits per heavy atom. The molecule has 2 aromatic heterocycles. The van der Waals surface area contributed by atoms with Crippen LogP contribution >= 0.6 is 0 Å². The number of benzene rings is 7. The Balaban J connectivity index is 1.07. The molecule has 7 aromatic carbocycles. The lowest BCUT2D eigenvalue weighted by Crippen LogP contribution is -2.04. The van der Waals surface area contributed by atoms with Crippen LogP contribution in [0.3, 0.4) is 0 Å². The van der Waals surface area contributed by atoms with Crippen LogP contribution < -0.4 is 0 Å². The average Bonchev–Trinajstić information content (AvgIpc) is 4.03. The quantitative estimate of drug-likeness (QED) is 0.149. The monoisotopic (exact) mass is 831 g/mol. The lowest BCUT2D eigenvalue weighted by Gasteiger charge is -2.22. The molecule has 11 rings (SSSR count). The Morgan fingerprint density at radius 3 is 1.94 bits per heavy atom. The second-order valence-corrected chi connectivity index (χ2v) is 18.1. The van der Waals surface area contributed by atoms with E-state index in [9.17, 15) is 5.11 Å². The molecule has 2 heterocycles. The SMILES string of the molecule is Oc1ccccc1-c1nc2c(-c3cc(-c4ccccc4)cc(-c4cc(-c5ccc(C6CCCCC6)cc5)ccn4)c3)cccc2n1-c1ccc(CC2CCCC2)cc1-c1ccccc1. The summed E-state index contributed by atoms with van der Waals surface area (Å²) in [5, 5.41) is 11.5. The van der Waals surface area contributed by atoms with Crippen molar-refractivity contribution in [1.29, 1.82) is 0 Å². The van der Waals surface area contributed by atoms with Gasteiger partial charge in [0.15, 0.2) is 0 Å². The fourth-order valence-corrected chi connectivity index (χ4v) is 10.6. The summed E-state index contributed by atoms with van der Waals surface area (Å²) in [5.41, 5.74) is 17.3. The number of nitrogens with zero attached hydrogens (tertiary/aromatic N) is 3. The largest absolute Gasteiger partial charge is 0.507 e. The van der Waals surface area contributed by atoms with E-state index in [-0.39, 0.29) is 5.75 Å². The number of aromatic hydroxyl groups is 1. The van der Waals surface area contributed by atoms with Crippen molar-refractivity contribution < 1.29 is 5.11 Å². The van der Waals surface area contributed by atoms with Crippen LogP contribution in [0, 0.1) is 5.92 Å². The van der Waals surface area contributed by atoms with E-state index in [0.717, 1.165) is 79.3 Å². The molecule has 2 aliphatic carbocycles. The second-order valence-electron chi connectivity index (χ2n) is 18.1. The number of para-hydroxylation sites is 2. The number of rotatable bonds is 10. The van der Waals surface area contributed by atoms with Crippen molar-refractivity contribution in [2.45, 2.75) is 70.1 Å². The molecule has 0 radical (unpaired) electrons. The molecule has 2 saturated carbocycles. The molecular weight excluding hydrogens is 779 g/mol. The van der Waals surface area contributed by atoms with Gasteiger partial charge in [-0.25, -0.2) is 4.98 Å². The van der Waals surface area contributed by atoms with Gasteiger partial charge in [0.25, 0.3) is 0 Å². The molecule has 314 valence electrons. The Morgan fingerprint density at radius 1 is 0.484 bits per heavy atom. The van der Waals surface area contributed by atoms with E-state index in [2.05, 4.69) is 156 Å². The standard InChI is InChI=1S/C60H53N3O/c64-58-26-13-12-23-53(58)60-62-59-52(24-14-25-57(59)63(60)56-32-27-42(35-41-15-10-11-16-41)36-54(56)47-21-8-3-9-22-47)50-37-49(44-19-6-2-7-20-44)38-51(39-50)55-40-48(33-34-61-55)46-30-28-45(29-31-46)43-17-4-1-5-18-43/h2-3,6-9,12-14,19-34,36-41,43,64H,1,4-5,10-11,15-18,35H2. The number of phenols is 1. The van der Waals surface area contributed by atoms with Gasteiger partial charge in [0.1, 0.15) is 11.6 Å². The van der Waals surface area contributed by atoms with Gasteiger partial charge >= 0.3 is 0 Å². The third-order valence-electron chi connectivity index (χ3n) is 13.9. The van der Waals surface area contributed by atoms with Crippen LogP contribution in [0.2, 0.25) is 0 Å². The van der Waals surface area contributed by atoms with Crippen LogP contribution in [0.4, 0.5) is 0 Å². The lowest BCUT2D eigenvalue weighted by molar-refractivity contribution is 0.443. The number of phenolic OH excluding ortho intramolecular Hbond substituents is 1. The van der Waals surface area contributed by atoms with Gasteiger partial charge in [-0.2, -0.15) is 0 Å². The summed E-state index contributed by atoms with van der Waals surface area (Å²) in [5.74, 6) is 2.31. The van der Waals surface area contributed by atoms with Gasteiger partial charge in [-0.3, -0.25) is 9.55 Å². The Labute approximate surface area is 377 Å². The molecule has 0 aliphatic heterocycles. The number of imidazole rings is 1. The molecule has 0 unspecified atom stereocenters. The predicted octanol–water partition coefficient (Wildman–Crippen LogP) is 15.9. The van der Waals surface area contributed by atoms with Gasteiger partial charge in [-0.1, -0.05) is 160 Å². The topological polar surface area (TPSA) is 50.9 Å². The molecule has 4 nitrogen and oxygen atoms in total. The molecule has 64 heavy (non-hydrogen) atoms. The average molecular weight is 832 g/mol. The molecule has 0 saturated heterocycles. The fraction of sp³-hybridized carbons (Fsp3) is 0.200. The molecule has 9 aromatic rings. The number of hydrogen-bond donors (Lipinski definition) is 1. The van der Waals surface area contributed by atoms with Crippen LogP contribution in [0.15, 0.2) is 182 Å². The fourth-order valence-electron chi connectivity index (χ4n) is 10.6. The molecule has 4 heteroatoms. The maximum absolute atomic E-state index is 11.5. The Hall–Kier alpha value is -7.04. The van der Waals surface area contributed by atoms with Gasteiger partial charge in [-0.05, 0) is 136 Å². The Bertz CT molecular complexity index is 3060. The van der Waals surface area contributed by atoms with E-state index in [4.69, 9.17) is 9.97 Å². The molecule has 0 amide bonds. The molecule has 1 N–H and O–H groups in total. The van der Waals surface area contributed by atoms with Crippen LogP contribution in [-0.4, -0.2) is 19.6 Å². The Kier molecular flexibility index (Phi) is 10.9. The minimum absolute atomic E-state index is 0.197. The highest BCUT2D eigenvalue weighted by atomic mass is 16.3. The minimum Gasteiger partial charge on any atom is -0.507 e. The van der Waals surface area contributed by atoms with E-state index >= 15 is 0 Å². The van der Waals surface area contributed by atoms with Crippen LogP contribution in [0.5, 0.6) is 5.75 Å². The van der Waals surface area contributed by atoms with Crippen LogP contribution in [0.1, 0.15) is 74.8 Å². The van der Waals surface area contributed by atoms with Gasteiger partial charge < -0.3 is 5.11 Å². The smallest absolute Gasteiger partial charge is 0.149 e. The molecule has 2 aliphatic rings. The number of aromatic nitrogens is 3. The number of hydrogen-bond acceptors (Lipinski definition) is 3. The molecule has 0 bridgehead atoms. The summed E-state index contributed by atoms with van der Waals surface area (Å²) < 4.78 is 2.27. The first-order chi connectivity index (χ1) is 31.6. The minimum atomic E-state index is 0.197. The third-order valence-corrected chi connectivity index (χ3v) is 13.9. The molecule has 0 spiro atoms. The third kappa shape index (κ3) is 7.94. The van der Waals surface area contributed by atoms with E-state index in [1.807, 2.05) is 24.4 Å². The summed E-state index contributed by atoms with van der Waals surface area (Å²) in [6.45, 7) is 0. The summed E-state index contributed by atoms with van der Waals surface area (Å²) in [6, 6.07) is 62.8. The van der Waals surface area contributed by atoms with Crippen molar-refractivity contribution >= 4 is 11.0 Å². The zero-order valence-corrected chi connectivity index (χ0v) is 36.3. The van der Waals surface area contributed by atoms with Crippen LogP contribution in [0.25, 0.3) is 83.9 Å². The van der Waals surface area contributed by atoms with Crippen molar-refractivity contribution in [2.24, 2.45) is 5.92 Å².